The summed E-state index contributed by atoms with van der Waals surface area (Å²) in [6.45, 7) is 0. The van der Waals surface area contributed by atoms with Crippen LogP contribution < -0.4 is 0 Å². The summed E-state index contributed by atoms with van der Waals surface area (Å²) in [6, 6.07) is 5.85. The van der Waals surface area contributed by atoms with Gasteiger partial charge < -0.3 is 5.11 Å². The lowest BCUT2D eigenvalue weighted by Gasteiger charge is -2.03. The summed E-state index contributed by atoms with van der Waals surface area (Å²) in [6.07, 6.45) is -0.462. The lowest BCUT2D eigenvalue weighted by Crippen LogP contribution is -1.92. The van der Waals surface area contributed by atoms with E-state index in [0.717, 1.165) is 14.2 Å². The van der Waals surface area contributed by atoms with E-state index >= 15 is 0 Å². The Hall–Kier alpha value is -0.160. The second-order valence-electron chi connectivity index (χ2n) is 2.59. The molecule has 68 valence electrons. The number of halogens is 1. The molecule has 1 atom stereocenters. The van der Waals surface area contributed by atoms with Crippen LogP contribution in [-0.2, 0) is 0 Å². The van der Waals surface area contributed by atoms with Crippen molar-refractivity contribution in [1.29, 1.82) is 0 Å². The first-order valence-electron chi connectivity index (χ1n) is 3.73. The van der Waals surface area contributed by atoms with Crippen LogP contribution in [-0.4, -0.2) is 5.11 Å². The molecular weight excluding hydrogens is 268 g/mol. The van der Waals surface area contributed by atoms with Crippen molar-refractivity contribution >= 4 is 38.6 Å². The van der Waals surface area contributed by atoms with E-state index < -0.39 is 6.10 Å². The van der Waals surface area contributed by atoms with Gasteiger partial charge in [-0.3, -0.25) is 0 Å². The minimum absolute atomic E-state index is 0.462. The van der Waals surface area contributed by atoms with Crippen LogP contribution in [0.2, 0.25) is 0 Å². The highest BCUT2D eigenvalue weighted by molar-refractivity contribution is 9.10. The third kappa shape index (κ3) is 2.02. The summed E-state index contributed by atoms with van der Waals surface area (Å²) in [4.78, 5) is 1.98. The van der Waals surface area contributed by atoms with Crippen molar-refractivity contribution in [2.24, 2.45) is 0 Å². The summed E-state index contributed by atoms with van der Waals surface area (Å²) in [7, 11) is 0. The van der Waals surface area contributed by atoms with Crippen molar-refractivity contribution in [2.75, 3.05) is 0 Å². The number of rotatable bonds is 2. The monoisotopic (exact) mass is 274 g/mol. The van der Waals surface area contributed by atoms with Crippen molar-refractivity contribution in [3.63, 3.8) is 0 Å². The van der Waals surface area contributed by atoms with Crippen LogP contribution >= 0.6 is 38.6 Å². The summed E-state index contributed by atoms with van der Waals surface area (Å²) < 4.78 is 1.03. The minimum atomic E-state index is -0.462. The normalized spacial score (nSPS) is 13.1. The van der Waals surface area contributed by atoms with Crippen LogP contribution in [0.4, 0.5) is 0 Å². The predicted octanol–water partition coefficient (Wildman–Crippen LogP) is 3.65. The van der Waals surface area contributed by atoms with Crippen molar-refractivity contribution in [2.45, 2.75) is 6.10 Å². The quantitative estimate of drug-likeness (QED) is 0.887. The summed E-state index contributed by atoms with van der Waals surface area (Å²) >= 11 is 6.51. The molecule has 1 unspecified atom stereocenters. The highest BCUT2D eigenvalue weighted by Crippen LogP contribution is 2.31. The standard InChI is InChI=1S/C9H7BrOS2/c10-6-4-8(13-5-6)9(11)7-2-1-3-12-7/h1-5,9,11H. The molecule has 0 aromatic carbocycles. The largest absolute Gasteiger partial charge is 0.382 e. The van der Waals surface area contributed by atoms with Crippen LogP contribution in [0.15, 0.2) is 33.4 Å². The second kappa shape index (κ2) is 3.92. The van der Waals surface area contributed by atoms with Gasteiger partial charge in [0.05, 0.1) is 0 Å². The van der Waals surface area contributed by atoms with Gasteiger partial charge in [0.15, 0.2) is 0 Å². The van der Waals surface area contributed by atoms with Gasteiger partial charge in [0.25, 0.3) is 0 Å². The molecule has 4 heteroatoms. The first kappa shape index (κ1) is 9.40. The van der Waals surface area contributed by atoms with Crippen molar-refractivity contribution in [1.82, 2.24) is 0 Å². The van der Waals surface area contributed by atoms with E-state index in [4.69, 9.17) is 0 Å². The Morgan fingerprint density at radius 1 is 1.31 bits per heavy atom. The van der Waals surface area contributed by atoms with E-state index in [1.54, 1.807) is 22.7 Å². The van der Waals surface area contributed by atoms with E-state index in [9.17, 15) is 5.11 Å². The average Bonchev–Trinajstić information content (AvgIpc) is 2.72. The van der Waals surface area contributed by atoms with E-state index in [1.165, 1.54) is 0 Å². The Balaban J connectivity index is 2.28. The Morgan fingerprint density at radius 2 is 2.15 bits per heavy atom. The Morgan fingerprint density at radius 3 is 2.69 bits per heavy atom. The van der Waals surface area contributed by atoms with Crippen molar-refractivity contribution in [3.8, 4) is 0 Å². The van der Waals surface area contributed by atoms with Crippen molar-refractivity contribution in [3.05, 3.63) is 43.2 Å². The molecule has 0 aliphatic rings. The molecule has 0 aliphatic heterocycles. The van der Waals surface area contributed by atoms with Gasteiger partial charge in [0.2, 0.25) is 0 Å². The van der Waals surface area contributed by atoms with Crippen molar-refractivity contribution < 1.29 is 5.11 Å². The number of thiophene rings is 2. The maximum absolute atomic E-state index is 9.89. The fourth-order valence-corrected chi connectivity index (χ4v) is 3.31. The van der Waals surface area contributed by atoms with Crippen LogP contribution in [0.25, 0.3) is 0 Å². The van der Waals surface area contributed by atoms with Crippen LogP contribution in [0.3, 0.4) is 0 Å². The van der Waals surface area contributed by atoms with Crippen LogP contribution in [0, 0.1) is 0 Å². The van der Waals surface area contributed by atoms with Gasteiger partial charge >= 0.3 is 0 Å². The Kier molecular flexibility index (Phi) is 2.83. The molecule has 0 bridgehead atoms. The number of aliphatic hydroxyl groups is 1. The number of aliphatic hydroxyl groups excluding tert-OH is 1. The zero-order valence-electron chi connectivity index (χ0n) is 6.61. The highest BCUT2D eigenvalue weighted by atomic mass is 79.9. The zero-order valence-corrected chi connectivity index (χ0v) is 9.82. The zero-order chi connectivity index (χ0) is 9.26. The van der Waals surface area contributed by atoms with Gasteiger partial charge in [-0.2, -0.15) is 0 Å². The predicted molar refractivity (Wildman–Crippen MR) is 60.4 cm³/mol. The van der Waals surface area contributed by atoms with Crippen LogP contribution in [0.5, 0.6) is 0 Å². The average molecular weight is 275 g/mol. The minimum Gasteiger partial charge on any atom is -0.382 e. The Bertz CT molecular complexity index is 380. The number of hydrogen-bond donors (Lipinski definition) is 1. The van der Waals surface area contributed by atoms with Gasteiger partial charge in [-0.05, 0) is 33.4 Å². The molecule has 0 saturated carbocycles. The molecule has 0 radical (unpaired) electrons. The molecule has 13 heavy (non-hydrogen) atoms. The molecule has 0 spiro atoms. The molecular formula is C9H7BrOS2. The third-order valence-corrected chi connectivity index (χ3v) is 4.34. The fraction of sp³-hybridized carbons (Fsp3) is 0.111. The molecule has 2 aromatic heterocycles. The SMILES string of the molecule is OC(c1cccs1)c1cc(Br)cs1. The third-order valence-electron chi connectivity index (χ3n) is 1.67. The molecule has 2 rings (SSSR count). The summed E-state index contributed by atoms with van der Waals surface area (Å²) in [5, 5.41) is 13.8. The Labute approximate surface area is 92.8 Å². The van der Waals surface area contributed by atoms with Crippen LogP contribution in [0.1, 0.15) is 15.9 Å². The maximum Gasteiger partial charge on any atom is 0.122 e. The molecule has 1 N–H and O–H groups in total. The van der Waals surface area contributed by atoms with E-state index in [-0.39, 0.29) is 0 Å². The van der Waals surface area contributed by atoms with E-state index in [2.05, 4.69) is 15.9 Å². The second-order valence-corrected chi connectivity index (χ2v) is 5.42. The first-order chi connectivity index (χ1) is 6.27. The maximum atomic E-state index is 9.89. The molecule has 2 heterocycles. The van der Waals surface area contributed by atoms with Gasteiger partial charge in [-0.25, -0.2) is 0 Å². The summed E-state index contributed by atoms with van der Waals surface area (Å²) in [5.74, 6) is 0. The van der Waals surface area contributed by atoms with Gasteiger partial charge in [-0.15, -0.1) is 22.7 Å². The first-order valence-corrected chi connectivity index (χ1v) is 6.28. The molecule has 0 amide bonds. The fourth-order valence-electron chi connectivity index (χ4n) is 1.06. The van der Waals surface area contributed by atoms with Gasteiger partial charge in [-0.1, -0.05) is 6.07 Å². The molecule has 0 saturated heterocycles. The van der Waals surface area contributed by atoms with E-state index in [1.807, 2.05) is 29.0 Å². The molecule has 2 aromatic rings. The topological polar surface area (TPSA) is 20.2 Å². The van der Waals surface area contributed by atoms with E-state index in [0.29, 0.717) is 0 Å². The van der Waals surface area contributed by atoms with Gasteiger partial charge in [0, 0.05) is 19.6 Å². The molecule has 0 aliphatic carbocycles. The lowest BCUT2D eigenvalue weighted by molar-refractivity contribution is 0.228. The van der Waals surface area contributed by atoms with Gasteiger partial charge in [0.1, 0.15) is 6.10 Å². The smallest absolute Gasteiger partial charge is 0.122 e. The molecule has 0 fully saturated rings. The number of hydrogen-bond acceptors (Lipinski definition) is 3. The highest BCUT2D eigenvalue weighted by Gasteiger charge is 2.12. The molecule has 1 nitrogen and oxygen atoms in total. The summed E-state index contributed by atoms with van der Waals surface area (Å²) in [5.41, 5.74) is 0. The lowest BCUT2D eigenvalue weighted by atomic mass is 10.2.